The molecule has 0 saturated carbocycles. The molecule has 2 N–H and O–H groups in total. The molecule has 0 aliphatic carbocycles. The minimum absolute atomic E-state index is 0.0202. The molecule has 14 heteroatoms. The molecule has 240 valence electrons. The Bertz CT molecular complexity index is 1930. The van der Waals surface area contributed by atoms with Crippen molar-refractivity contribution in [1.82, 2.24) is 14.9 Å². The standard InChI is InChI=1S/C32H30ClF3N6O3S/c33-24-22(18-3-4-20(35)28-21(18)19(12-37)29(38)46-28)25(36)26-23-27(24)44-9-2-8-42(17-5-10-43-14-17)30(23)40-31(39-26)45-15-32-6-1-7-41(32)13-16(34)11-32/h3-4,16-17H,1-2,5-11,13-15,38H2/t16-,17?,32+/m1/s1. The van der Waals surface area contributed by atoms with E-state index in [-0.39, 0.29) is 73.3 Å². The monoisotopic (exact) mass is 670 g/mol. The number of aromatic nitrogens is 2. The SMILES string of the molecule is N#Cc1c(N)sc2c(F)ccc(-c3c(Cl)c4c5c(nc(OC[C@@]67CCCN6C[C@H](F)C7)nc5c3F)N(C3CCOC3)CCCO4)c12. The third-order valence-corrected chi connectivity index (χ3v) is 11.2. The van der Waals surface area contributed by atoms with Crippen molar-refractivity contribution in [2.24, 2.45) is 0 Å². The predicted octanol–water partition coefficient (Wildman–Crippen LogP) is 6.23. The van der Waals surface area contributed by atoms with Gasteiger partial charge < -0.3 is 24.8 Å². The molecule has 4 aromatic rings. The molecule has 0 bridgehead atoms. The van der Waals surface area contributed by atoms with Crippen LogP contribution in [-0.4, -0.2) is 78.7 Å². The van der Waals surface area contributed by atoms with Crippen molar-refractivity contribution in [2.45, 2.75) is 49.9 Å². The van der Waals surface area contributed by atoms with E-state index in [0.717, 1.165) is 37.1 Å². The van der Waals surface area contributed by atoms with E-state index in [1.165, 1.54) is 12.1 Å². The largest absolute Gasteiger partial charge is 0.491 e. The fourth-order valence-corrected chi connectivity index (χ4v) is 8.96. The maximum atomic E-state index is 17.1. The third-order valence-electron chi connectivity index (χ3n) is 9.78. The highest BCUT2D eigenvalue weighted by Gasteiger charge is 2.49. The lowest BCUT2D eigenvalue weighted by Gasteiger charge is -2.33. The quantitative estimate of drug-likeness (QED) is 0.264. The van der Waals surface area contributed by atoms with Gasteiger partial charge in [0.25, 0.3) is 0 Å². The highest BCUT2D eigenvalue weighted by atomic mass is 35.5. The van der Waals surface area contributed by atoms with Crippen LogP contribution in [0.1, 0.15) is 37.7 Å². The summed E-state index contributed by atoms with van der Waals surface area (Å²) in [5.74, 6) is -0.780. The minimum atomic E-state index is -0.938. The van der Waals surface area contributed by atoms with Gasteiger partial charge in [0.2, 0.25) is 0 Å². The van der Waals surface area contributed by atoms with Crippen molar-refractivity contribution >= 4 is 54.7 Å². The first-order valence-corrected chi connectivity index (χ1v) is 16.6. The van der Waals surface area contributed by atoms with Crippen molar-refractivity contribution in [3.63, 3.8) is 0 Å². The molecule has 0 amide bonds. The Hall–Kier alpha value is -3.57. The van der Waals surface area contributed by atoms with E-state index in [2.05, 4.69) is 14.8 Å². The molecule has 0 spiro atoms. The van der Waals surface area contributed by atoms with Gasteiger partial charge in [-0.3, -0.25) is 4.90 Å². The van der Waals surface area contributed by atoms with Crippen LogP contribution in [0.25, 0.3) is 32.1 Å². The highest BCUT2D eigenvalue weighted by molar-refractivity contribution is 7.23. The number of nitrogen functional groups attached to an aromatic ring is 1. The van der Waals surface area contributed by atoms with Crippen molar-refractivity contribution in [1.29, 1.82) is 5.26 Å². The Morgan fingerprint density at radius 3 is 2.87 bits per heavy atom. The van der Waals surface area contributed by atoms with Gasteiger partial charge in [-0.05, 0) is 43.9 Å². The van der Waals surface area contributed by atoms with Crippen LogP contribution in [-0.2, 0) is 4.74 Å². The van der Waals surface area contributed by atoms with Gasteiger partial charge in [0, 0.05) is 37.1 Å². The molecule has 2 aromatic heterocycles. The smallest absolute Gasteiger partial charge is 0.319 e. The number of nitrogens with zero attached hydrogens (tertiary/aromatic N) is 5. The van der Waals surface area contributed by atoms with Gasteiger partial charge in [0.05, 0.1) is 45.5 Å². The van der Waals surface area contributed by atoms with Crippen LogP contribution >= 0.6 is 22.9 Å². The Balaban J connectivity index is 1.35. The second-order valence-electron chi connectivity index (χ2n) is 12.4. The third kappa shape index (κ3) is 4.56. The molecule has 8 rings (SSSR count). The molecule has 3 fully saturated rings. The van der Waals surface area contributed by atoms with Crippen LogP contribution in [0.5, 0.6) is 11.8 Å². The first-order chi connectivity index (χ1) is 22.3. The highest BCUT2D eigenvalue weighted by Crippen LogP contribution is 2.51. The van der Waals surface area contributed by atoms with Gasteiger partial charge in [-0.1, -0.05) is 17.7 Å². The van der Waals surface area contributed by atoms with Crippen molar-refractivity contribution in [3.8, 4) is 29.0 Å². The molecule has 2 aromatic carbocycles. The molecule has 3 saturated heterocycles. The van der Waals surface area contributed by atoms with E-state index in [1.807, 2.05) is 6.07 Å². The number of rotatable bonds is 5. The summed E-state index contributed by atoms with van der Waals surface area (Å²) in [6.07, 6.45) is 2.53. The summed E-state index contributed by atoms with van der Waals surface area (Å²) in [5, 5.41) is 10.4. The number of halogens is 4. The number of fused-ring (bicyclic) bond motifs is 2. The summed E-state index contributed by atoms with van der Waals surface area (Å²) in [6.45, 7) is 3.25. The molecule has 1 unspecified atom stereocenters. The van der Waals surface area contributed by atoms with Crippen molar-refractivity contribution in [3.05, 3.63) is 34.4 Å². The molecule has 4 aliphatic heterocycles. The van der Waals surface area contributed by atoms with Gasteiger partial charge in [0.1, 0.15) is 41.0 Å². The number of hydrogen-bond donors (Lipinski definition) is 1. The normalized spacial score (nSPS) is 24.6. The number of ether oxygens (including phenoxy) is 3. The number of benzene rings is 2. The van der Waals surface area contributed by atoms with Crippen LogP contribution in [0.4, 0.5) is 24.0 Å². The zero-order valence-electron chi connectivity index (χ0n) is 24.8. The lowest BCUT2D eigenvalue weighted by Crippen LogP contribution is -2.43. The summed E-state index contributed by atoms with van der Waals surface area (Å²) >= 11 is 7.94. The second-order valence-corrected chi connectivity index (χ2v) is 13.8. The molecular weight excluding hydrogens is 641 g/mol. The zero-order valence-corrected chi connectivity index (χ0v) is 26.3. The molecule has 4 aliphatic rings. The summed E-state index contributed by atoms with van der Waals surface area (Å²) in [4.78, 5) is 13.6. The molecular formula is C32H30ClF3N6O3S. The Labute approximate surface area is 271 Å². The van der Waals surface area contributed by atoms with Gasteiger partial charge >= 0.3 is 6.01 Å². The lowest BCUT2D eigenvalue weighted by atomic mass is 9.95. The number of nitriles is 1. The van der Waals surface area contributed by atoms with E-state index in [1.54, 1.807) is 0 Å². The average Bonchev–Trinajstić information content (AvgIpc) is 3.81. The van der Waals surface area contributed by atoms with Crippen LogP contribution < -0.4 is 20.1 Å². The molecule has 9 nitrogen and oxygen atoms in total. The Kier molecular flexibility index (Phi) is 7.32. The molecule has 0 radical (unpaired) electrons. The Morgan fingerprint density at radius 2 is 2.07 bits per heavy atom. The molecule has 46 heavy (non-hydrogen) atoms. The summed E-state index contributed by atoms with van der Waals surface area (Å²) in [6, 6.07) is 4.56. The maximum absolute atomic E-state index is 17.1. The summed E-state index contributed by atoms with van der Waals surface area (Å²) in [5.41, 5.74) is 5.68. The van der Waals surface area contributed by atoms with E-state index in [0.29, 0.717) is 50.3 Å². The predicted molar refractivity (Wildman–Crippen MR) is 170 cm³/mol. The fraction of sp³-hybridized carbons (Fsp3) is 0.469. The average molecular weight is 671 g/mol. The number of thiophene rings is 1. The van der Waals surface area contributed by atoms with E-state index < -0.39 is 23.3 Å². The van der Waals surface area contributed by atoms with Gasteiger partial charge in [-0.2, -0.15) is 15.2 Å². The lowest BCUT2D eigenvalue weighted by molar-refractivity contribution is 0.107. The summed E-state index contributed by atoms with van der Waals surface area (Å²) < 4.78 is 64.9. The van der Waals surface area contributed by atoms with Crippen LogP contribution in [0.15, 0.2) is 12.1 Å². The Morgan fingerprint density at radius 1 is 1.20 bits per heavy atom. The minimum Gasteiger partial charge on any atom is -0.491 e. The topological polar surface area (TPSA) is 110 Å². The van der Waals surface area contributed by atoms with E-state index in [4.69, 9.17) is 36.5 Å². The van der Waals surface area contributed by atoms with Crippen molar-refractivity contribution < 1.29 is 27.4 Å². The number of alkyl halides is 1. The maximum Gasteiger partial charge on any atom is 0.319 e. The molecule has 3 atom stereocenters. The number of hydrogen-bond acceptors (Lipinski definition) is 10. The van der Waals surface area contributed by atoms with E-state index >= 15 is 4.39 Å². The van der Waals surface area contributed by atoms with Gasteiger partial charge in [0.15, 0.2) is 11.6 Å². The fourth-order valence-electron chi connectivity index (χ4n) is 7.67. The van der Waals surface area contributed by atoms with Crippen LogP contribution in [0.3, 0.4) is 0 Å². The number of nitrogens with two attached hydrogens (primary N) is 1. The molecule has 6 heterocycles. The van der Waals surface area contributed by atoms with Gasteiger partial charge in [-0.15, -0.1) is 11.3 Å². The summed E-state index contributed by atoms with van der Waals surface area (Å²) in [7, 11) is 0. The first-order valence-electron chi connectivity index (χ1n) is 15.4. The zero-order chi connectivity index (χ0) is 31.7. The van der Waals surface area contributed by atoms with E-state index in [9.17, 15) is 14.0 Å². The second kappa shape index (κ2) is 11.3. The number of anilines is 2. The first kappa shape index (κ1) is 29.8. The van der Waals surface area contributed by atoms with Gasteiger partial charge in [-0.25, -0.2) is 13.2 Å². The van der Waals surface area contributed by atoms with Crippen LogP contribution in [0, 0.1) is 23.0 Å². The van der Waals surface area contributed by atoms with Crippen LogP contribution in [0.2, 0.25) is 5.02 Å². The van der Waals surface area contributed by atoms with Crippen molar-refractivity contribution in [2.75, 3.05) is 56.7 Å².